The lowest BCUT2D eigenvalue weighted by atomic mass is 10.3. The minimum atomic E-state index is -3.76. The summed E-state index contributed by atoms with van der Waals surface area (Å²) in [5.41, 5.74) is 0.903. The fourth-order valence-corrected chi connectivity index (χ4v) is 3.16. The van der Waals surface area contributed by atoms with Crippen LogP contribution in [0.2, 0.25) is 5.02 Å². The van der Waals surface area contributed by atoms with Crippen molar-refractivity contribution in [2.45, 2.75) is 31.5 Å². The Labute approximate surface area is 129 Å². The van der Waals surface area contributed by atoms with Gasteiger partial charge < -0.3 is 5.32 Å². The Morgan fingerprint density at radius 3 is 2.71 bits per heavy atom. The molecular weight excluding hydrogens is 312 g/mol. The van der Waals surface area contributed by atoms with Crippen LogP contribution in [0, 0.1) is 0 Å². The minimum Gasteiger partial charge on any atom is -0.310 e. The van der Waals surface area contributed by atoms with Gasteiger partial charge in [0.1, 0.15) is 0 Å². The molecule has 0 aliphatic carbocycles. The van der Waals surface area contributed by atoms with Crippen LogP contribution in [0.15, 0.2) is 35.5 Å². The van der Waals surface area contributed by atoms with Crippen molar-refractivity contribution >= 4 is 27.3 Å². The van der Waals surface area contributed by atoms with E-state index in [1.54, 1.807) is 24.3 Å². The topological polar surface area (TPSA) is 86.9 Å². The second-order valence-corrected chi connectivity index (χ2v) is 6.87. The molecule has 2 rings (SSSR count). The summed E-state index contributed by atoms with van der Waals surface area (Å²) in [4.78, 5) is 0. The van der Waals surface area contributed by atoms with Crippen molar-refractivity contribution in [2.24, 2.45) is 0 Å². The predicted molar refractivity (Wildman–Crippen MR) is 82.8 cm³/mol. The number of halogens is 1. The fraction of sp³-hybridized carbons (Fsp3) is 0.308. The van der Waals surface area contributed by atoms with Crippen molar-refractivity contribution in [3.63, 3.8) is 0 Å². The molecule has 0 spiro atoms. The molecule has 1 aromatic carbocycles. The molecule has 0 aliphatic heterocycles. The van der Waals surface area contributed by atoms with Gasteiger partial charge in [-0.1, -0.05) is 37.6 Å². The number of hydrogen-bond acceptors (Lipinski definition) is 4. The van der Waals surface area contributed by atoms with Crippen LogP contribution in [-0.4, -0.2) is 24.7 Å². The number of anilines is 1. The van der Waals surface area contributed by atoms with Gasteiger partial charge in [-0.15, -0.1) is 0 Å². The second-order valence-electron chi connectivity index (χ2n) is 4.85. The SMILES string of the molecule is CC(C)NCc1cn[nH]c1S(=O)(=O)Nc1ccccc1Cl. The summed E-state index contributed by atoms with van der Waals surface area (Å²) < 4.78 is 27.3. The van der Waals surface area contributed by atoms with E-state index in [1.165, 1.54) is 6.20 Å². The molecule has 8 heteroatoms. The van der Waals surface area contributed by atoms with Crippen molar-refractivity contribution in [2.75, 3.05) is 4.72 Å². The first kappa shape index (κ1) is 15.8. The maximum absolute atomic E-state index is 12.4. The van der Waals surface area contributed by atoms with Crippen LogP contribution in [0.5, 0.6) is 0 Å². The van der Waals surface area contributed by atoms with Crippen molar-refractivity contribution in [3.05, 3.63) is 41.0 Å². The Bertz CT molecular complexity index is 712. The summed E-state index contributed by atoms with van der Waals surface area (Å²) >= 11 is 5.97. The highest BCUT2D eigenvalue weighted by molar-refractivity contribution is 7.92. The van der Waals surface area contributed by atoms with Crippen LogP contribution in [0.1, 0.15) is 19.4 Å². The molecule has 0 unspecified atom stereocenters. The number of nitrogens with one attached hydrogen (secondary N) is 3. The summed E-state index contributed by atoms with van der Waals surface area (Å²) in [6.45, 7) is 4.37. The largest absolute Gasteiger partial charge is 0.310 e. The van der Waals surface area contributed by atoms with Crippen LogP contribution in [0.25, 0.3) is 0 Å². The number of nitrogens with zero attached hydrogens (tertiary/aromatic N) is 1. The number of rotatable bonds is 6. The monoisotopic (exact) mass is 328 g/mol. The molecule has 0 atom stereocenters. The van der Waals surface area contributed by atoms with Crippen LogP contribution in [0.3, 0.4) is 0 Å². The van der Waals surface area contributed by atoms with Gasteiger partial charge in [0, 0.05) is 18.2 Å². The summed E-state index contributed by atoms with van der Waals surface area (Å²) in [7, 11) is -3.76. The van der Waals surface area contributed by atoms with Gasteiger partial charge in [0.25, 0.3) is 10.0 Å². The van der Waals surface area contributed by atoms with Crippen LogP contribution in [0.4, 0.5) is 5.69 Å². The van der Waals surface area contributed by atoms with E-state index in [1.807, 2.05) is 13.8 Å². The Balaban J connectivity index is 2.24. The van der Waals surface area contributed by atoms with Gasteiger partial charge in [-0.3, -0.25) is 9.82 Å². The molecule has 1 aromatic heterocycles. The van der Waals surface area contributed by atoms with Crippen LogP contribution < -0.4 is 10.0 Å². The lowest BCUT2D eigenvalue weighted by Crippen LogP contribution is -2.23. The number of hydrogen-bond donors (Lipinski definition) is 3. The smallest absolute Gasteiger partial charge is 0.279 e. The van der Waals surface area contributed by atoms with Gasteiger partial charge in [0.05, 0.1) is 16.9 Å². The van der Waals surface area contributed by atoms with Gasteiger partial charge in [0.15, 0.2) is 5.03 Å². The molecule has 3 N–H and O–H groups in total. The third-order valence-electron chi connectivity index (χ3n) is 2.77. The Morgan fingerprint density at radius 2 is 2.05 bits per heavy atom. The maximum atomic E-state index is 12.4. The summed E-state index contributed by atoms with van der Waals surface area (Å²) in [5, 5.41) is 9.87. The van der Waals surface area contributed by atoms with Crippen molar-refractivity contribution in [1.82, 2.24) is 15.5 Å². The molecular formula is C13H17ClN4O2S. The lowest BCUT2D eigenvalue weighted by Gasteiger charge is -2.11. The average molecular weight is 329 g/mol. The Kier molecular flexibility index (Phi) is 4.87. The fourth-order valence-electron chi connectivity index (χ4n) is 1.71. The lowest BCUT2D eigenvalue weighted by molar-refractivity contribution is 0.574. The normalized spacial score (nSPS) is 11.8. The van der Waals surface area contributed by atoms with Gasteiger partial charge in [-0.25, -0.2) is 0 Å². The minimum absolute atomic E-state index is 0.0376. The van der Waals surface area contributed by atoms with Gasteiger partial charge in [-0.05, 0) is 12.1 Å². The predicted octanol–water partition coefficient (Wildman–Crippen LogP) is 2.36. The number of benzene rings is 1. The van der Waals surface area contributed by atoms with E-state index in [0.29, 0.717) is 22.8 Å². The van der Waals surface area contributed by atoms with E-state index in [-0.39, 0.29) is 11.1 Å². The molecule has 2 aromatic rings. The number of aromatic nitrogens is 2. The van der Waals surface area contributed by atoms with E-state index in [0.717, 1.165) is 0 Å². The highest BCUT2D eigenvalue weighted by atomic mass is 35.5. The zero-order valence-corrected chi connectivity index (χ0v) is 13.3. The first-order valence-electron chi connectivity index (χ1n) is 6.43. The van der Waals surface area contributed by atoms with E-state index < -0.39 is 10.0 Å². The summed E-state index contributed by atoms with van der Waals surface area (Å²) in [6, 6.07) is 6.90. The number of aromatic amines is 1. The standard InChI is InChI=1S/C13H17ClN4O2S/c1-9(2)15-7-10-8-16-17-13(10)21(19,20)18-12-6-4-3-5-11(12)14/h3-6,8-9,15,18H,7H2,1-2H3,(H,16,17). The summed E-state index contributed by atoms with van der Waals surface area (Å²) in [6.07, 6.45) is 1.50. The Morgan fingerprint density at radius 1 is 1.33 bits per heavy atom. The third kappa shape index (κ3) is 3.96. The average Bonchev–Trinajstić information content (AvgIpc) is 2.88. The molecule has 6 nitrogen and oxygen atoms in total. The second kappa shape index (κ2) is 6.46. The maximum Gasteiger partial charge on any atom is 0.279 e. The molecule has 0 saturated heterocycles. The molecule has 0 bridgehead atoms. The van der Waals surface area contributed by atoms with Crippen LogP contribution >= 0.6 is 11.6 Å². The molecule has 1 heterocycles. The van der Waals surface area contributed by atoms with Gasteiger partial charge in [-0.2, -0.15) is 13.5 Å². The highest BCUT2D eigenvalue weighted by Gasteiger charge is 2.21. The molecule has 0 aliphatic rings. The molecule has 0 radical (unpaired) electrons. The van der Waals surface area contributed by atoms with Crippen molar-refractivity contribution < 1.29 is 8.42 Å². The van der Waals surface area contributed by atoms with E-state index in [2.05, 4.69) is 20.2 Å². The molecule has 114 valence electrons. The number of H-pyrrole nitrogens is 1. The van der Waals surface area contributed by atoms with E-state index in [4.69, 9.17) is 11.6 Å². The van der Waals surface area contributed by atoms with E-state index >= 15 is 0 Å². The molecule has 21 heavy (non-hydrogen) atoms. The number of para-hydroxylation sites is 1. The van der Waals surface area contributed by atoms with Crippen molar-refractivity contribution in [3.8, 4) is 0 Å². The summed E-state index contributed by atoms with van der Waals surface area (Å²) in [5.74, 6) is 0. The number of sulfonamides is 1. The van der Waals surface area contributed by atoms with Crippen molar-refractivity contribution in [1.29, 1.82) is 0 Å². The zero-order chi connectivity index (χ0) is 15.5. The van der Waals surface area contributed by atoms with E-state index in [9.17, 15) is 8.42 Å². The first-order chi connectivity index (χ1) is 9.90. The zero-order valence-electron chi connectivity index (χ0n) is 11.7. The quantitative estimate of drug-likeness (QED) is 0.759. The Hall–Kier alpha value is -1.57. The molecule has 0 amide bonds. The molecule has 0 fully saturated rings. The highest BCUT2D eigenvalue weighted by Crippen LogP contribution is 2.24. The third-order valence-corrected chi connectivity index (χ3v) is 4.47. The van der Waals surface area contributed by atoms with Crippen LogP contribution in [-0.2, 0) is 16.6 Å². The van der Waals surface area contributed by atoms with Gasteiger partial charge in [0.2, 0.25) is 0 Å². The first-order valence-corrected chi connectivity index (χ1v) is 8.29. The molecule has 0 saturated carbocycles. The van der Waals surface area contributed by atoms with Gasteiger partial charge >= 0.3 is 0 Å².